The summed E-state index contributed by atoms with van der Waals surface area (Å²) < 4.78 is 26.9. The smallest absolute Gasteiger partial charge is 0.331 e. The van der Waals surface area contributed by atoms with Crippen LogP contribution in [0.4, 0.5) is 5.69 Å². The average molecular weight is 441 g/mol. The van der Waals surface area contributed by atoms with E-state index in [1.165, 1.54) is 6.08 Å². The molecule has 0 aliphatic carbocycles. The summed E-state index contributed by atoms with van der Waals surface area (Å²) in [7, 11) is 0. The van der Waals surface area contributed by atoms with Crippen LogP contribution in [0.15, 0.2) is 42.5 Å². The normalized spacial score (nSPS) is 11.9. The number of ether oxygens (including phenoxy) is 5. The molecular weight excluding hydrogens is 414 g/mol. The van der Waals surface area contributed by atoms with E-state index in [0.29, 0.717) is 41.9 Å². The molecule has 0 aromatic heterocycles. The van der Waals surface area contributed by atoms with Crippen LogP contribution in [-0.4, -0.2) is 38.5 Å². The van der Waals surface area contributed by atoms with Crippen LogP contribution in [0.3, 0.4) is 0 Å². The number of amides is 1. The van der Waals surface area contributed by atoms with Crippen LogP contribution in [0.1, 0.15) is 32.3 Å². The van der Waals surface area contributed by atoms with Crippen molar-refractivity contribution in [3.8, 4) is 23.0 Å². The summed E-state index contributed by atoms with van der Waals surface area (Å²) in [4.78, 5) is 24.0. The maximum Gasteiger partial charge on any atom is 0.331 e. The van der Waals surface area contributed by atoms with Gasteiger partial charge in [0.05, 0.1) is 13.2 Å². The maximum atomic E-state index is 12.0. The molecule has 0 atom stereocenters. The first-order valence-electron chi connectivity index (χ1n) is 10.5. The molecule has 0 bridgehead atoms. The molecule has 8 heteroatoms. The number of hydrogen-bond acceptors (Lipinski definition) is 7. The van der Waals surface area contributed by atoms with E-state index in [4.69, 9.17) is 23.7 Å². The molecule has 0 fully saturated rings. The number of benzene rings is 2. The highest BCUT2D eigenvalue weighted by molar-refractivity contribution is 5.94. The molecule has 1 heterocycles. The van der Waals surface area contributed by atoms with Gasteiger partial charge in [0.25, 0.3) is 5.91 Å². The van der Waals surface area contributed by atoms with Gasteiger partial charge < -0.3 is 29.0 Å². The van der Waals surface area contributed by atoms with E-state index in [9.17, 15) is 9.59 Å². The molecule has 1 N–H and O–H groups in total. The molecule has 3 rings (SSSR count). The summed E-state index contributed by atoms with van der Waals surface area (Å²) in [5.41, 5.74) is 1.27. The Hall–Kier alpha value is -3.68. The molecule has 1 amide bonds. The zero-order valence-electron chi connectivity index (χ0n) is 18.2. The number of fused-ring (bicyclic) bond motifs is 1. The Morgan fingerprint density at radius 1 is 1.03 bits per heavy atom. The largest absolute Gasteiger partial charge is 0.490 e. The van der Waals surface area contributed by atoms with Gasteiger partial charge in [-0.25, -0.2) is 4.79 Å². The maximum absolute atomic E-state index is 12.0. The second-order valence-electron chi connectivity index (χ2n) is 6.90. The highest BCUT2D eigenvalue weighted by Crippen LogP contribution is 2.34. The van der Waals surface area contributed by atoms with Gasteiger partial charge in [0, 0.05) is 17.8 Å². The molecule has 0 unspecified atom stereocenters. The van der Waals surface area contributed by atoms with Gasteiger partial charge in [0.2, 0.25) is 6.79 Å². The van der Waals surface area contributed by atoms with Crippen molar-refractivity contribution in [2.24, 2.45) is 0 Å². The van der Waals surface area contributed by atoms with Crippen molar-refractivity contribution in [3.63, 3.8) is 0 Å². The lowest BCUT2D eigenvalue weighted by Crippen LogP contribution is -2.20. The summed E-state index contributed by atoms with van der Waals surface area (Å²) in [5.74, 6) is 1.36. The minimum absolute atomic E-state index is 0.150. The molecule has 0 spiro atoms. The van der Waals surface area contributed by atoms with Crippen molar-refractivity contribution in [1.82, 2.24) is 0 Å². The zero-order chi connectivity index (χ0) is 22.8. The van der Waals surface area contributed by atoms with Gasteiger partial charge in [-0.3, -0.25) is 4.79 Å². The van der Waals surface area contributed by atoms with Gasteiger partial charge in [-0.05, 0) is 49.2 Å². The third kappa shape index (κ3) is 6.66. The molecule has 0 radical (unpaired) electrons. The van der Waals surface area contributed by atoms with E-state index >= 15 is 0 Å². The molecule has 0 saturated carbocycles. The number of carbonyl (C=O) groups excluding carboxylic acids is 2. The number of esters is 1. The van der Waals surface area contributed by atoms with Crippen molar-refractivity contribution in [2.75, 3.05) is 31.9 Å². The van der Waals surface area contributed by atoms with Crippen molar-refractivity contribution < 1.29 is 33.3 Å². The van der Waals surface area contributed by atoms with E-state index in [1.807, 2.05) is 19.1 Å². The van der Waals surface area contributed by atoms with Crippen LogP contribution >= 0.6 is 0 Å². The molecule has 1 aliphatic rings. The predicted molar refractivity (Wildman–Crippen MR) is 119 cm³/mol. The quantitative estimate of drug-likeness (QED) is 0.318. The van der Waals surface area contributed by atoms with Crippen LogP contribution in [0.5, 0.6) is 23.0 Å². The van der Waals surface area contributed by atoms with Crippen LogP contribution in [0.2, 0.25) is 0 Å². The Kier molecular flexibility index (Phi) is 8.36. The van der Waals surface area contributed by atoms with Crippen molar-refractivity contribution in [3.05, 3.63) is 48.0 Å². The van der Waals surface area contributed by atoms with Gasteiger partial charge in [-0.1, -0.05) is 19.4 Å². The van der Waals surface area contributed by atoms with E-state index in [1.54, 1.807) is 30.3 Å². The van der Waals surface area contributed by atoms with E-state index in [-0.39, 0.29) is 6.79 Å². The fraction of sp³-hybridized carbons (Fsp3) is 0.333. The first-order valence-corrected chi connectivity index (χ1v) is 10.5. The van der Waals surface area contributed by atoms with Gasteiger partial charge >= 0.3 is 5.97 Å². The summed E-state index contributed by atoms with van der Waals surface area (Å²) in [6.45, 7) is 4.85. The molecule has 2 aromatic carbocycles. The number of anilines is 1. The fourth-order valence-corrected chi connectivity index (χ4v) is 2.86. The van der Waals surface area contributed by atoms with Crippen molar-refractivity contribution >= 4 is 23.6 Å². The summed E-state index contributed by atoms with van der Waals surface area (Å²) in [6.07, 6.45) is 4.86. The Morgan fingerprint density at radius 3 is 2.69 bits per heavy atom. The second-order valence-corrected chi connectivity index (χ2v) is 6.90. The third-order valence-corrected chi connectivity index (χ3v) is 4.44. The lowest BCUT2D eigenvalue weighted by atomic mass is 10.2. The number of carbonyl (C=O) groups is 2. The monoisotopic (exact) mass is 441 g/mol. The standard InChI is InChI=1S/C24H27NO7/c1-3-5-12-29-19-9-6-17(13-21(19)28-4-2)7-11-24(27)30-15-23(26)25-18-8-10-20-22(14-18)32-16-31-20/h6-11,13-14H,3-5,12,15-16H2,1-2H3,(H,25,26)/b11-7+. The highest BCUT2D eigenvalue weighted by Gasteiger charge is 2.14. The van der Waals surface area contributed by atoms with Gasteiger partial charge in [0.1, 0.15) is 0 Å². The molecule has 8 nitrogen and oxygen atoms in total. The van der Waals surface area contributed by atoms with E-state index in [2.05, 4.69) is 12.2 Å². The minimum atomic E-state index is -0.632. The number of hydrogen-bond donors (Lipinski definition) is 1. The van der Waals surface area contributed by atoms with Gasteiger partial charge in [-0.15, -0.1) is 0 Å². The van der Waals surface area contributed by atoms with E-state index in [0.717, 1.165) is 18.4 Å². The number of nitrogens with one attached hydrogen (secondary N) is 1. The number of rotatable bonds is 11. The van der Waals surface area contributed by atoms with E-state index < -0.39 is 18.5 Å². The van der Waals surface area contributed by atoms with Crippen LogP contribution < -0.4 is 24.3 Å². The molecule has 2 aromatic rings. The fourth-order valence-electron chi connectivity index (χ4n) is 2.86. The summed E-state index contributed by atoms with van der Waals surface area (Å²) in [6, 6.07) is 10.4. The van der Waals surface area contributed by atoms with Crippen LogP contribution in [-0.2, 0) is 14.3 Å². The lowest BCUT2D eigenvalue weighted by Gasteiger charge is -2.12. The van der Waals surface area contributed by atoms with Gasteiger partial charge in [0.15, 0.2) is 29.6 Å². The Balaban J connectivity index is 1.49. The SMILES string of the molecule is CCCCOc1ccc(/C=C/C(=O)OCC(=O)Nc2ccc3c(c2)OCO3)cc1OCC. The predicted octanol–water partition coefficient (Wildman–Crippen LogP) is 4.19. The van der Waals surface area contributed by atoms with Crippen LogP contribution in [0, 0.1) is 0 Å². The Bertz CT molecular complexity index is 971. The third-order valence-electron chi connectivity index (χ3n) is 4.44. The second kappa shape index (κ2) is 11.6. The Labute approximate surface area is 187 Å². The molecule has 170 valence electrons. The molecule has 1 aliphatic heterocycles. The Morgan fingerprint density at radius 2 is 1.88 bits per heavy atom. The molecule has 0 saturated heterocycles. The molecular formula is C24H27NO7. The summed E-state index contributed by atoms with van der Waals surface area (Å²) in [5, 5.41) is 2.64. The topological polar surface area (TPSA) is 92.3 Å². The minimum Gasteiger partial charge on any atom is -0.490 e. The zero-order valence-corrected chi connectivity index (χ0v) is 18.2. The first-order chi connectivity index (χ1) is 15.6. The average Bonchev–Trinajstić information content (AvgIpc) is 3.26. The van der Waals surface area contributed by atoms with Crippen molar-refractivity contribution in [1.29, 1.82) is 0 Å². The summed E-state index contributed by atoms with van der Waals surface area (Å²) >= 11 is 0. The van der Waals surface area contributed by atoms with Gasteiger partial charge in [-0.2, -0.15) is 0 Å². The highest BCUT2D eigenvalue weighted by atomic mass is 16.7. The van der Waals surface area contributed by atoms with Crippen LogP contribution in [0.25, 0.3) is 6.08 Å². The first kappa shape index (κ1) is 23.0. The lowest BCUT2D eigenvalue weighted by molar-refractivity contribution is -0.142. The van der Waals surface area contributed by atoms with Crippen molar-refractivity contribution in [2.45, 2.75) is 26.7 Å². The molecule has 32 heavy (non-hydrogen) atoms. The number of unbranched alkanes of at least 4 members (excludes halogenated alkanes) is 1.